The third-order valence-electron chi connectivity index (χ3n) is 4.58. The molecule has 0 aliphatic heterocycles. The maximum atomic E-state index is 13.3. The number of aromatic nitrogens is 1. The molecule has 1 atom stereocenters. The minimum atomic E-state index is -1.02. The zero-order valence-electron chi connectivity index (χ0n) is 17.1. The first kappa shape index (κ1) is 21.4. The normalized spacial score (nSPS) is 12.2. The molecular formula is C23H24FNO5. The molecule has 3 aromatic rings. The quantitative estimate of drug-likeness (QED) is 0.509. The Labute approximate surface area is 174 Å². The molecule has 0 aliphatic carbocycles. The van der Waals surface area contributed by atoms with E-state index in [1.807, 2.05) is 13.8 Å². The minimum absolute atomic E-state index is 0.0236. The first-order valence-corrected chi connectivity index (χ1v) is 9.75. The molecular weight excluding hydrogens is 389 g/mol. The van der Waals surface area contributed by atoms with Crippen molar-refractivity contribution in [2.75, 3.05) is 6.61 Å². The molecule has 0 amide bonds. The summed E-state index contributed by atoms with van der Waals surface area (Å²) in [7, 11) is 0. The lowest BCUT2D eigenvalue weighted by Crippen LogP contribution is -2.12. The maximum absolute atomic E-state index is 13.3. The molecule has 3 rings (SSSR count). The summed E-state index contributed by atoms with van der Waals surface area (Å²) in [6, 6.07) is 10.3. The summed E-state index contributed by atoms with van der Waals surface area (Å²) in [5.41, 5.74) is 1.33. The molecule has 0 spiro atoms. The van der Waals surface area contributed by atoms with Crippen molar-refractivity contribution in [3.8, 4) is 34.3 Å². The number of carboxylic acid groups (broad SMARTS) is 1. The summed E-state index contributed by atoms with van der Waals surface area (Å²) in [6.45, 7) is 6.14. The first-order chi connectivity index (χ1) is 14.3. The van der Waals surface area contributed by atoms with E-state index in [-0.39, 0.29) is 34.8 Å². The number of rotatable bonds is 8. The average molecular weight is 413 g/mol. The number of halogens is 1. The number of carbonyl (C=O) groups is 1. The van der Waals surface area contributed by atoms with Gasteiger partial charge in [0.2, 0.25) is 5.89 Å². The van der Waals surface area contributed by atoms with E-state index in [9.17, 15) is 19.4 Å². The van der Waals surface area contributed by atoms with Crippen LogP contribution in [0.4, 0.5) is 4.39 Å². The van der Waals surface area contributed by atoms with Crippen LogP contribution >= 0.6 is 0 Å². The monoisotopic (exact) mass is 413 g/mol. The van der Waals surface area contributed by atoms with Crippen LogP contribution in [0.2, 0.25) is 0 Å². The molecule has 2 N–H and O–H groups in total. The van der Waals surface area contributed by atoms with Crippen LogP contribution in [0.15, 0.2) is 46.9 Å². The summed E-state index contributed by atoms with van der Waals surface area (Å²) < 4.78 is 24.9. The molecule has 0 saturated carbocycles. The number of oxazole rings is 1. The number of carboxylic acids is 1. The van der Waals surface area contributed by atoms with Gasteiger partial charge >= 0.3 is 5.97 Å². The number of aromatic hydroxyl groups is 1. The Morgan fingerprint density at radius 1 is 1.17 bits per heavy atom. The van der Waals surface area contributed by atoms with Crippen molar-refractivity contribution in [1.82, 2.24) is 4.98 Å². The fourth-order valence-electron chi connectivity index (χ4n) is 3.00. The van der Waals surface area contributed by atoms with Crippen LogP contribution in [0.3, 0.4) is 0 Å². The summed E-state index contributed by atoms with van der Waals surface area (Å²) in [5.74, 6) is -1.32. The van der Waals surface area contributed by atoms with Gasteiger partial charge < -0.3 is 19.4 Å². The van der Waals surface area contributed by atoms with E-state index >= 15 is 0 Å². The SMILES string of the molecule is CCC(C(=O)O)c1nc(-c2ccc(F)cc2)oc1-c1ccc(O)c(OCC(C)C)c1. The Hall–Kier alpha value is -3.35. The van der Waals surface area contributed by atoms with E-state index in [1.54, 1.807) is 19.1 Å². The van der Waals surface area contributed by atoms with Crippen molar-refractivity contribution in [1.29, 1.82) is 0 Å². The van der Waals surface area contributed by atoms with Gasteiger partial charge in [-0.1, -0.05) is 20.8 Å². The Bertz CT molecular complexity index is 1030. The van der Waals surface area contributed by atoms with Gasteiger partial charge in [-0.2, -0.15) is 0 Å². The van der Waals surface area contributed by atoms with E-state index in [4.69, 9.17) is 9.15 Å². The van der Waals surface area contributed by atoms with E-state index in [1.165, 1.54) is 30.3 Å². The highest BCUT2D eigenvalue weighted by molar-refractivity contribution is 5.79. The topological polar surface area (TPSA) is 92.8 Å². The van der Waals surface area contributed by atoms with Crippen LogP contribution in [0.25, 0.3) is 22.8 Å². The molecule has 1 unspecified atom stereocenters. The van der Waals surface area contributed by atoms with Gasteiger partial charge in [0.15, 0.2) is 17.3 Å². The summed E-state index contributed by atoms with van der Waals surface area (Å²) in [5, 5.41) is 19.8. The molecule has 0 bridgehead atoms. The number of hydrogen-bond donors (Lipinski definition) is 2. The number of aliphatic carboxylic acids is 1. The molecule has 0 radical (unpaired) electrons. The van der Waals surface area contributed by atoms with Crippen molar-refractivity contribution >= 4 is 5.97 Å². The van der Waals surface area contributed by atoms with Gasteiger partial charge in [-0.3, -0.25) is 4.79 Å². The van der Waals surface area contributed by atoms with Crippen molar-refractivity contribution in [2.45, 2.75) is 33.1 Å². The summed E-state index contributed by atoms with van der Waals surface area (Å²) in [4.78, 5) is 16.2. The van der Waals surface area contributed by atoms with Crippen molar-refractivity contribution in [3.05, 3.63) is 54.0 Å². The smallest absolute Gasteiger partial charge is 0.312 e. The van der Waals surface area contributed by atoms with Crippen molar-refractivity contribution < 1.29 is 28.6 Å². The highest BCUT2D eigenvalue weighted by Crippen LogP contribution is 2.38. The standard InChI is InChI=1S/C23H24FNO5/c1-4-17(23(27)28)20-21(30-22(25-20)14-5-8-16(24)9-6-14)15-7-10-18(26)19(11-15)29-12-13(2)3/h5-11,13,17,26H,4,12H2,1-3H3,(H,27,28). The predicted molar refractivity (Wildman–Crippen MR) is 110 cm³/mol. The Morgan fingerprint density at radius 3 is 2.43 bits per heavy atom. The molecule has 0 fully saturated rings. The second kappa shape index (κ2) is 8.98. The number of ether oxygens (including phenoxy) is 1. The van der Waals surface area contributed by atoms with E-state index in [0.29, 0.717) is 24.2 Å². The van der Waals surface area contributed by atoms with Crippen molar-refractivity contribution in [2.24, 2.45) is 5.92 Å². The second-order valence-electron chi connectivity index (χ2n) is 7.43. The molecule has 6 nitrogen and oxygen atoms in total. The largest absolute Gasteiger partial charge is 0.504 e. The summed E-state index contributed by atoms with van der Waals surface area (Å²) in [6.07, 6.45) is 0.312. The molecule has 7 heteroatoms. The molecule has 0 saturated heterocycles. The molecule has 2 aromatic carbocycles. The minimum Gasteiger partial charge on any atom is -0.504 e. The van der Waals surface area contributed by atoms with Gasteiger partial charge in [-0.15, -0.1) is 0 Å². The highest BCUT2D eigenvalue weighted by Gasteiger charge is 2.28. The molecule has 158 valence electrons. The van der Waals surface area contributed by atoms with E-state index in [0.717, 1.165) is 0 Å². The third kappa shape index (κ3) is 4.62. The highest BCUT2D eigenvalue weighted by atomic mass is 19.1. The molecule has 1 aromatic heterocycles. The molecule has 0 aliphatic rings. The fraction of sp³-hybridized carbons (Fsp3) is 0.304. The van der Waals surface area contributed by atoms with E-state index < -0.39 is 17.7 Å². The zero-order valence-corrected chi connectivity index (χ0v) is 17.1. The van der Waals surface area contributed by atoms with Gasteiger partial charge in [0, 0.05) is 11.1 Å². The Morgan fingerprint density at radius 2 is 1.83 bits per heavy atom. The van der Waals surface area contributed by atoms with Crippen LogP contribution in [-0.2, 0) is 4.79 Å². The second-order valence-corrected chi connectivity index (χ2v) is 7.43. The molecule has 1 heterocycles. The zero-order chi connectivity index (χ0) is 21.8. The lowest BCUT2D eigenvalue weighted by Gasteiger charge is -2.12. The number of phenolic OH excluding ortho intramolecular Hbond substituents is 1. The number of nitrogens with zero attached hydrogens (tertiary/aromatic N) is 1. The third-order valence-corrected chi connectivity index (χ3v) is 4.58. The maximum Gasteiger partial charge on any atom is 0.312 e. The lowest BCUT2D eigenvalue weighted by molar-refractivity contribution is -0.138. The fourth-order valence-corrected chi connectivity index (χ4v) is 3.00. The van der Waals surface area contributed by atoms with Crippen molar-refractivity contribution in [3.63, 3.8) is 0 Å². The van der Waals surface area contributed by atoms with Crippen LogP contribution in [0.5, 0.6) is 11.5 Å². The molecule has 30 heavy (non-hydrogen) atoms. The number of phenols is 1. The Kier molecular flexibility index (Phi) is 6.40. The summed E-state index contributed by atoms with van der Waals surface area (Å²) >= 11 is 0. The average Bonchev–Trinajstić information content (AvgIpc) is 3.13. The van der Waals surface area contributed by atoms with Crippen LogP contribution < -0.4 is 4.74 Å². The van der Waals surface area contributed by atoms with Gasteiger partial charge in [0.05, 0.1) is 6.61 Å². The number of hydrogen-bond acceptors (Lipinski definition) is 5. The van der Waals surface area contributed by atoms with Gasteiger partial charge in [-0.05, 0) is 54.8 Å². The predicted octanol–water partition coefficient (Wildman–Crippen LogP) is 5.47. The van der Waals surface area contributed by atoms with Crippen LogP contribution in [0, 0.1) is 11.7 Å². The number of benzene rings is 2. The Balaban J connectivity index is 2.11. The van der Waals surface area contributed by atoms with E-state index in [2.05, 4.69) is 4.98 Å². The first-order valence-electron chi connectivity index (χ1n) is 9.75. The van der Waals surface area contributed by atoms with Crippen LogP contribution in [0.1, 0.15) is 38.8 Å². The lowest BCUT2D eigenvalue weighted by atomic mass is 9.98. The van der Waals surface area contributed by atoms with Gasteiger partial charge in [0.25, 0.3) is 0 Å². The van der Waals surface area contributed by atoms with Gasteiger partial charge in [-0.25, -0.2) is 9.37 Å². The van der Waals surface area contributed by atoms with Crippen LogP contribution in [-0.4, -0.2) is 27.8 Å². The van der Waals surface area contributed by atoms with Gasteiger partial charge in [0.1, 0.15) is 17.4 Å².